The van der Waals surface area contributed by atoms with Gasteiger partial charge in [0.15, 0.2) is 0 Å². The molecule has 0 aliphatic heterocycles. The van der Waals surface area contributed by atoms with Crippen LogP contribution >= 0.6 is 0 Å². The second kappa shape index (κ2) is 6.03. The second-order valence-electron chi connectivity index (χ2n) is 5.13. The third kappa shape index (κ3) is 5.20. The van der Waals surface area contributed by atoms with Crippen LogP contribution in [0.15, 0.2) is 24.3 Å². The number of para-hydroxylation sites is 1. The van der Waals surface area contributed by atoms with Crippen molar-refractivity contribution in [2.24, 2.45) is 0 Å². The lowest BCUT2D eigenvalue weighted by atomic mass is 10.1. The summed E-state index contributed by atoms with van der Waals surface area (Å²) in [4.78, 5) is 2.30. The standard InChI is InChI=1S/C14H24N2O/c1-4-16(10-9-14(2,3)17)11-12-7-5-6-8-13(12)15/h5-8,17H,4,9-11,15H2,1-3H3. The maximum absolute atomic E-state index is 9.73. The van der Waals surface area contributed by atoms with Crippen molar-refractivity contribution in [1.29, 1.82) is 0 Å². The van der Waals surface area contributed by atoms with E-state index in [1.165, 1.54) is 0 Å². The van der Waals surface area contributed by atoms with Crippen LogP contribution in [-0.4, -0.2) is 28.7 Å². The summed E-state index contributed by atoms with van der Waals surface area (Å²) in [7, 11) is 0. The Morgan fingerprint density at radius 1 is 1.29 bits per heavy atom. The van der Waals surface area contributed by atoms with E-state index in [-0.39, 0.29) is 0 Å². The zero-order valence-electron chi connectivity index (χ0n) is 11.1. The highest BCUT2D eigenvalue weighted by atomic mass is 16.3. The van der Waals surface area contributed by atoms with Crippen molar-refractivity contribution >= 4 is 5.69 Å². The van der Waals surface area contributed by atoms with Gasteiger partial charge in [-0.1, -0.05) is 25.1 Å². The Morgan fingerprint density at radius 3 is 2.47 bits per heavy atom. The summed E-state index contributed by atoms with van der Waals surface area (Å²) < 4.78 is 0. The normalized spacial score (nSPS) is 12.1. The number of hydrogen-bond acceptors (Lipinski definition) is 3. The van der Waals surface area contributed by atoms with E-state index >= 15 is 0 Å². The molecule has 0 unspecified atom stereocenters. The maximum atomic E-state index is 9.73. The highest BCUT2D eigenvalue weighted by Crippen LogP contribution is 2.15. The molecule has 3 nitrogen and oxygen atoms in total. The van der Waals surface area contributed by atoms with Crippen LogP contribution in [0.3, 0.4) is 0 Å². The average molecular weight is 236 g/mol. The number of nitrogen functional groups attached to an aromatic ring is 1. The highest BCUT2D eigenvalue weighted by molar-refractivity contribution is 5.46. The third-order valence-electron chi connectivity index (χ3n) is 2.94. The van der Waals surface area contributed by atoms with E-state index in [9.17, 15) is 5.11 Å². The summed E-state index contributed by atoms with van der Waals surface area (Å²) >= 11 is 0. The number of hydrogen-bond donors (Lipinski definition) is 2. The Hall–Kier alpha value is -1.06. The van der Waals surface area contributed by atoms with Gasteiger partial charge in [-0.25, -0.2) is 0 Å². The number of anilines is 1. The Bertz CT molecular complexity index is 344. The third-order valence-corrected chi connectivity index (χ3v) is 2.94. The minimum absolute atomic E-state index is 0.602. The van der Waals surface area contributed by atoms with Gasteiger partial charge in [-0.2, -0.15) is 0 Å². The monoisotopic (exact) mass is 236 g/mol. The van der Waals surface area contributed by atoms with E-state index in [4.69, 9.17) is 5.73 Å². The van der Waals surface area contributed by atoms with E-state index in [1.54, 1.807) is 0 Å². The quantitative estimate of drug-likeness (QED) is 0.745. The zero-order valence-corrected chi connectivity index (χ0v) is 11.1. The average Bonchev–Trinajstić information content (AvgIpc) is 2.25. The van der Waals surface area contributed by atoms with Crippen LogP contribution in [0.2, 0.25) is 0 Å². The van der Waals surface area contributed by atoms with Crippen LogP contribution in [0.1, 0.15) is 32.8 Å². The van der Waals surface area contributed by atoms with E-state index < -0.39 is 5.60 Å². The van der Waals surface area contributed by atoms with Crippen LogP contribution in [0.25, 0.3) is 0 Å². The van der Waals surface area contributed by atoms with Gasteiger partial charge in [0.25, 0.3) is 0 Å². The van der Waals surface area contributed by atoms with Gasteiger partial charge in [-0.15, -0.1) is 0 Å². The second-order valence-corrected chi connectivity index (χ2v) is 5.13. The number of rotatable bonds is 6. The summed E-state index contributed by atoms with van der Waals surface area (Å²) in [5.74, 6) is 0. The number of aliphatic hydroxyl groups is 1. The summed E-state index contributed by atoms with van der Waals surface area (Å²) in [6, 6.07) is 7.95. The fourth-order valence-corrected chi connectivity index (χ4v) is 1.70. The smallest absolute Gasteiger partial charge is 0.0603 e. The van der Waals surface area contributed by atoms with E-state index in [2.05, 4.69) is 17.9 Å². The van der Waals surface area contributed by atoms with Crippen molar-refractivity contribution in [2.75, 3.05) is 18.8 Å². The molecule has 0 bridgehead atoms. The molecule has 0 aromatic heterocycles. The van der Waals surface area contributed by atoms with E-state index in [0.717, 1.165) is 37.3 Å². The molecular formula is C14H24N2O. The summed E-state index contributed by atoms with van der Waals surface area (Å²) in [6.07, 6.45) is 0.771. The summed E-state index contributed by atoms with van der Waals surface area (Å²) in [6.45, 7) is 8.51. The van der Waals surface area contributed by atoms with Crippen LogP contribution in [-0.2, 0) is 6.54 Å². The predicted octanol–water partition coefficient (Wildman–Crippen LogP) is 2.25. The van der Waals surface area contributed by atoms with Crippen molar-refractivity contribution in [3.63, 3.8) is 0 Å². The molecule has 0 radical (unpaired) electrons. The lowest BCUT2D eigenvalue weighted by molar-refractivity contribution is 0.0573. The molecule has 0 aliphatic carbocycles. The molecule has 3 heteroatoms. The Kier molecular flexibility index (Phi) is 4.97. The zero-order chi connectivity index (χ0) is 12.9. The first-order chi connectivity index (χ1) is 7.92. The molecule has 0 saturated carbocycles. The topological polar surface area (TPSA) is 49.5 Å². The fraction of sp³-hybridized carbons (Fsp3) is 0.571. The molecular weight excluding hydrogens is 212 g/mol. The van der Waals surface area contributed by atoms with E-state index in [0.29, 0.717) is 0 Å². The van der Waals surface area contributed by atoms with Gasteiger partial charge in [0.2, 0.25) is 0 Å². The lowest BCUT2D eigenvalue weighted by Gasteiger charge is -2.25. The molecule has 1 aromatic rings. The molecule has 0 aliphatic rings. The largest absolute Gasteiger partial charge is 0.398 e. The first kappa shape index (κ1) is 14.0. The maximum Gasteiger partial charge on any atom is 0.0603 e. The van der Waals surface area contributed by atoms with Gasteiger partial charge in [-0.05, 0) is 38.4 Å². The number of benzene rings is 1. The van der Waals surface area contributed by atoms with Crippen LogP contribution in [0, 0.1) is 0 Å². The molecule has 0 spiro atoms. The van der Waals surface area contributed by atoms with Gasteiger partial charge in [0.05, 0.1) is 5.60 Å². The predicted molar refractivity (Wildman–Crippen MR) is 72.7 cm³/mol. The highest BCUT2D eigenvalue weighted by Gasteiger charge is 2.14. The molecule has 0 atom stereocenters. The number of nitrogens with two attached hydrogens (primary N) is 1. The summed E-state index contributed by atoms with van der Waals surface area (Å²) in [5.41, 5.74) is 7.33. The SMILES string of the molecule is CCN(CCC(C)(C)O)Cc1ccccc1N. The van der Waals surface area contributed by atoms with Gasteiger partial charge in [0, 0.05) is 18.8 Å². The molecule has 1 rings (SSSR count). The van der Waals surface area contributed by atoms with Crippen molar-refractivity contribution < 1.29 is 5.11 Å². The molecule has 0 saturated heterocycles. The van der Waals surface area contributed by atoms with Crippen molar-refractivity contribution in [2.45, 2.75) is 39.3 Å². The Labute approximate surface area is 104 Å². The molecule has 1 aromatic carbocycles. The molecule has 0 heterocycles. The minimum Gasteiger partial charge on any atom is -0.398 e. The van der Waals surface area contributed by atoms with Crippen LogP contribution < -0.4 is 5.73 Å². The van der Waals surface area contributed by atoms with Crippen LogP contribution in [0.5, 0.6) is 0 Å². The number of nitrogens with zero attached hydrogens (tertiary/aromatic N) is 1. The van der Waals surface area contributed by atoms with Gasteiger partial charge in [0.1, 0.15) is 0 Å². The Morgan fingerprint density at radius 2 is 1.94 bits per heavy atom. The molecule has 17 heavy (non-hydrogen) atoms. The Balaban J connectivity index is 2.56. The van der Waals surface area contributed by atoms with Crippen LogP contribution in [0.4, 0.5) is 5.69 Å². The molecule has 0 amide bonds. The lowest BCUT2D eigenvalue weighted by Crippen LogP contribution is -2.30. The first-order valence-electron chi connectivity index (χ1n) is 6.20. The molecule has 3 N–H and O–H groups in total. The molecule has 96 valence electrons. The summed E-state index contributed by atoms with van der Waals surface area (Å²) in [5, 5.41) is 9.73. The minimum atomic E-state index is -0.602. The van der Waals surface area contributed by atoms with Gasteiger partial charge < -0.3 is 10.8 Å². The first-order valence-corrected chi connectivity index (χ1v) is 6.20. The van der Waals surface area contributed by atoms with Gasteiger partial charge in [-0.3, -0.25) is 4.90 Å². The fourth-order valence-electron chi connectivity index (χ4n) is 1.70. The van der Waals surface area contributed by atoms with E-state index in [1.807, 2.05) is 32.0 Å². The van der Waals surface area contributed by atoms with Crippen molar-refractivity contribution in [1.82, 2.24) is 4.90 Å². The van der Waals surface area contributed by atoms with Crippen molar-refractivity contribution in [3.05, 3.63) is 29.8 Å². The van der Waals surface area contributed by atoms with Crippen molar-refractivity contribution in [3.8, 4) is 0 Å². The van der Waals surface area contributed by atoms with Gasteiger partial charge >= 0.3 is 0 Å². The molecule has 0 fully saturated rings.